The number of hydrogen-bond donors (Lipinski definition) is 2. The van der Waals surface area contributed by atoms with Gasteiger partial charge in [-0.2, -0.15) is 5.10 Å². The maximum Gasteiger partial charge on any atom is 0.280 e. The average molecular weight is 390 g/mol. The molecule has 148 valence electrons. The lowest BCUT2D eigenvalue weighted by atomic mass is 9.99. The number of rotatable bonds is 6. The van der Waals surface area contributed by atoms with Crippen LogP contribution < -0.4 is 5.32 Å². The lowest BCUT2D eigenvalue weighted by Crippen LogP contribution is -2.54. The number of H-pyrrole nitrogens is 1. The van der Waals surface area contributed by atoms with Crippen LogP contribution in [0.15, 0.2) is 36.8 Å². The van der Waals surface area contributed by atoms with Crippen LogP contribution in [-0.4, -0.2) is 56.7 Å². The minimum atomic E-state index is -2.89. The Bertz CT molecular complexity index is 927. The van der Waals surface area contributed by atoms with Crippen LogP contribution in [0.3, 0.4) is 0 Å². The Balaban J connectivity index is 1.36. The molecule has 0 spiro atoms. The molecule has 9 heteroatoms. The number of alkyl halides is 3. The largest absolute Gasteiger partial charge is 0.360 e. The van der Waals surface area contributed by atoms with Crippen molar-refractivity contribution in [2.45, 2.75) is 31.5 Å². The Kier molecular flexibility index (Phi) is 5.17. The molecule has 3 aromatic rings. The molecule has 2 N–H and O–H groups in total. The molecular formula is C19H21F3N6. The molecule has 28 heavy (non-hydrogen) atoms. The summed E-state index contributed by atoms with van der Waals surface area (Å²) in [6, 6.07) is 6.18. The zero-order valence-corrected chi connectivity index (χ0v) is 15.2. The van der Waals surface area contributed by atoms with Crippen LogP contribution in [0.2, 0.25) is 0 Å². The SMILES string of the molecule is FCc1ccc(CCN2CC[C@@H](Nc3ncnc4[nH]ncc34)C(F)(F)C2)cc1. The number of nitrogens with one attached hydrogen (secondary N) is 2. The smallest absolute Gasteiger partial charge is 0.280 e. The van der Waals surface area contributed by atoms with Gasteiger partial charge < -0.3 is 5.32 Å². The van der Waals surface area contributed by atoms with Crippen molar-refractivity contribution < 1.29 is 13.2 Å². The summed E-state index contributed by atoms with van der Waals surface area (Å²) in [5, 5.41) is 10.1. The van der Waals surface area contributed by atoms with Gasteiger partial charge in [0.15, 0.2) is 5.65 Å². The van der Waals surface area contributed by atoms with Crippen molar-refractivity contribution in [2.24, 2.45) is 0 Å². The van der Waals surface area contributed by atoms with Gasteiger partial charge in [0.1, 0.15) is 18.8 Å². The molecule has 2 aromatic heterocycles. The molecule has 4 rings (SSSR count). The molecule has 1 aliphatic rings. The Morgan fingerprint density at radius 2 is 1.96 bits per heavy atom. The maximum atomic E-state index is 14.7. The van der Waals surface area contributed by atoms with Crippen LogP contribution in [0.1, 0.15) is 17.5 Å². The molecule has 1 fully saturated rings. The van der Waals surface area contributed by atoms with Gasteiger partial charge in [0.05, 0.1) is 24.2 Å². The second-order valence-electron chi connectivity index (χ2n) is 7.08. The summed E-state index contributed by atoms with van der Waals surface area (Å²) in [7, 11) is 0. The van der Waals surface area contributed by atoms with Crippen LogP contribution in [0.5, 0.6) is 0 Å². The quantitative estimate of drug-likeness (QED) is 0.677. The standard InChI is InChI=1S/C19H21F3N6/c20-9-14-3-1-13(2-4-14)5-7-28-8-6-16(19(21,22)11-28)26-17-15-10-25-27-18(15)24-12-23-17/h1-4,10,12,16H,5-9,11H2,(H2,23,24,25,26,27)/t16-/m1/s1. The van der Waals surface area contributed by atoms with Crippen molar-refractivity contribution in [1.29, 1.82) is 0 Å². The number of fused-ring (bicyclic) bond motifs is 1. The third-order valence-corrected chi connectivity index (χ3v) is 5.13. The van der Waals surface area contributed by atoms with Crippen molar-refractivity contribution in [3.05, 3.63) is 47.9 Å². The van der Waals surface area contributed by atoms with Gasteiger partial charge in [0.25, 0.3) is 5.92 Å². The van der Waals surface area contributed by atoms with E-state index in [1.807, 2.05) is 12.1 Å². The van der Waals surface area contributed by atoms with E-state index in [4.69, 9.17) is 0 Å². The van der Waals surface area contributed by atoms with Gasteiger partial charge in [-0.05, 0) is 24.0 Å². The highest BCUT2D eigenvalue weighted by molar-refractivity contribution is 5.85. The minimum absolute atomic E-state index is 0.303. The zero-order valence-electron chi connectivity index (χ0n) is 15.2. The van der Waals surface area contributed by atoms with Gasteiger partial charge in [0, 0.05) is 13.1 Å². The molecule has 6 nitrogen and oxygen atoms in total. The Morgan fingerprint density at radius 3 is 2.71 bits per heavy atom. The fraction of sp³-hybridized carbons (Fsp3) is 0.421. The Labute approximate surface area is 160 Å². The molecule has 0 radical (unpaired) electrons. The number of anilines is 1. The number of likely N-dealkylation sites (tertiary alicyclic amines) is 1. The first kappa shape index (κ1) is 18.7. The van der Waals surface area contributed by atoms with E-state index in [2.05, 4.69) is 25.5 Å². The summed E-state index contributed by atoms with van der Waals surface area (Å²) in [6.07, 6.45) is 3.81. The summed E-state index contributed by atoms with van der Waals surface area (Å²) in [5.41, 5.74) is 2.15. The topological polar surface area (TPSA) is 69.7 Å². The molecule has 0 bridgehead atoms. The number of aromatic nitrogens is 4. The minimum Gasteiger partial charge on any atom is -0.360 e. The fourth-order valence-corrected chi connectivity index (χ4v) is 3.51. The third kappa shape index (κ3) is 3.94. The van der Waals surface area contributed by atoms with E-state index < -0.39 is 18.6 Å². The van der Waals surface area contributed by atoms with Crippen LogP contribution in [0, 0.1) is 0 Å². The van der Waals surface area contributed by atoms with Crippen molar-refractivity contribution >= 4 is 16.9 Å². The molecule has 1 atom stereocenters. The van der Waals surface area contributed by atoms with Crippen molar-refractivity contribution in [2.75, 3.05) is 25.0 Å². The fourth-order valence-electron chi connectivity index (χ4n) is 3.51. The molecule has 0 amide bonds. The zero-order chi connectivity index (χ0) is 19.6. The maximum absolute atomic E-state index is 14.7. The van der Waals surface area contributed by atoms with Gasteiger partial charge in [0.2, 0.25) is 0 Å². The molecule has 0 unspecified atom stereocenters. The molecule has 1 aromatic carbocycles. The van der Waals surface area contributed by atoms with E-state index in [1.165, 1.54) is 12.5 Å². The highest BCUT2D eigenvalue weighted by atomic mass is 19.3. The van der Waals surface area contributed by atoms with Crippen LogP contribution in [0.25, 0.3) is 11.0 Å². The predicted molar refractivity (Wildman–Crippen MR) is 100 cm³/mol. The third-order valence-electron chi connectivity index (χ3n) is 5.13. The van der Waals surface area contributed by atoms with Crippen molar-refractivity contribution in [3.8, 4) is 0 Å². The van der Waals surface area contributed by atoms with Crippen LogP contribution in [0.4, 0.5) is 19.0 Å². The Morgan fingerprint density at radius 1 is 1.18 bits per heavy atom. The van der Waals surface area contributed by atoms with Crippen LogP contribution in [-0.2, 0) is 13.1 Å². The summed E-state index contributed by atoms with van der Waals surface area (Å²) < 4.78 is 42.1. The lowest BCUT2D eigenvalue weighted by Gasteiger charge is -2.38. The van der Waals surface area contributed by atoms with Crippen molar-refractivity contribution in [3.63, 3.8) is 0 Å². The molecular weight excluding hydrogens is 369 g/mol. The molecule has 3 heterocycles. The number of nitrogens with zero attached hydrogens (tertiary/aromatic N) is 4. The highest BCUT2D eigenvalue weighted by Gasteiger charge is 2.44. The highest BCUT2D eigenvalue weighted by Crippen LogP contribution is 2.31. The number of aromatic amines is 1. The van der Waals surface area contributed by atoms with Gasteiger partial charge in [-0.15, -0.1) is 0 Å². The molecule has 0 saturated carbocycles. The number of halogens is 3. The molecule has 0 aliphatic carbocycles. The summed E-state index contributed by atoms with van der Waals surface area (Å²) in [6.45, 7) is 0.295. The molecule has 1 saturated heterocycles. The van der Waals surface area contributed by atoms with Crippen molar-refractivity contribution in [1.82, 2.24) is 25.1 Å². The van der Waals surface area contributed by atoms with E-state index in [0.717, 1.165) is 5.56 Å². The van der Waals surface area contributed by atoms with E-state index in [-0.39, 0.29) is 6.54 Å². The van der Waals surface area contributed by atoms with Gasteiger partial charge in [-0.1, -0.05) is 24.3 Å². The number of hydrogen-bond acceptors (Lipinski definition) is 5. The Hall–Kier alpha value is -2.68. The van der Waals surface area contributed by atoms with E-state index in [9.17, 15) is 13.2 Å². The first-order valence-corrected chi connectivity index (χ1v) is 9.20. The van der Waals surface area contributed by atoms with Gasteiger partial charge in [-0.25, -0.2) is 23.1 Å². The first-order chi connectivity index (χ1) is 13.5. The van der Waals surface area contributed by atoms with Crippen LogP contribution >= 0.6 is 0 Å². The average Bonchev–Trinajstić information content (AvgIpc) is 3.18. The lowest BCUT2D eigenvalue weighted by molar-refractivity contribution is -0.0734. The van der Waals surface area contributed by atoms with Gasteiger partial charge in [-0.3, -0.25) is 10.00 Å². The van der Waals surface area contributed by atoms with Gasteiger partial charge >= 0.3 is 0 Å². The van der Waals surface area contributed by atoms with E-state index >= 15 is 0 Å². The van der Waals surface area contributed by atoms with E-state index in [1.54, 1.807) is 17.0 Å². The van der Waals surface area contributed by atoms with E-state index in [0.29, 0.717) is 48.3 Å². The predicted octanol–water partition coefficient (Wildman–Crippen LogP) is 3.19. The first-order valence-electron chi connectivity index (χ1n) is 9.20. The molecule has 1 aliphatic heterocycles. The second-order valence-corrected chi connectivity index (χ2v) is 7.08. The monoisotopic (exact) mass is 390 g/mol. The number of benzene rings is 1. The second kappa shape index (κ2) is 7.75. The number of piperidine rings is 1. The summed E-state index contributed by atoms with van der Waals surface area (Å²) in [4.78, 5) is 9.89. The normalized spacial score (nSPS) is 19.8. The summed E-state index contributed by atoms with van der Waals surface area (Å²) in [5.74, 6) is -2.53. The summed E-state index contributed by atoms with van der Waals surface area (Å²) >= 11 is 0.